The minimum absolute atomic E-state index is 0.685. The third-order valence-corrected chi connectivity index (χ3v) is 5.06. The maximum absolute atomic E-state index is 9.45. The smallest absolute Gasteiger partial charge is 0.101 e. The second kappa shape index (κ2) is 4.78. The van der Waals surface area contributed by atoms with Crippen LogP contribution in [0.15, 0.2) is 24.4 Å². The molecule has 3 aromatic rings. The molecule has 0 saturated carbocycles. The van der Waals surface area contributed by atoms with Gasteiger partial charge in [0.25, 0.3) is 0 Å². The molecule has 6 heteroatoms. The van der Waals surface area contributed by atoms with Gasteiger partial charge in [0.05, 0.1) is 25.9 Å². The first kappa shape index (κ1) is 12.9. The van der Waals surface area contributed by atoms with Crippen molar-refractivity contribution in [2.75, 3.05) is 0 Å². The van der Waals surface area contributed by atoms with Gasteiger partial charge < -0.3 is 0 Å². The summed E-state index contributed by atoms with van der Waals surface area (Å²) in [4.78, 5) is 0.948. The summed E-state index contributed by atoms with van der Waals surface area (Å²) < 4.78 is 3.86. The van der Waals surface area contributed by atoms with Gasteiger partial charge in [-0.1, -0.05) is 17.7 Å². The van der Waals surface area contributed by atoms with Crippen LogP contribution in [-0.4, -0.2) is 9.78 Å². The minimum Gasteiger partial charge on any atom is -0.266 e. The predicted molar refractivity (Wildman–Crippen MR) is 86.5 cm³/mol. The summed E-state index contributed by atoms with van der Waals surface area (Å²) in [5, 5.41) is 15.3. The molecule has 0 saturated heterocycles. The summed E-state index contributed by atoms with van der Waals surface area (Å²) >= 11 is 9.83. The van der Waals surface area contributed by atoms with E-state index >= 15 is 0 Å². The van der Waals surface area contributed by atoms with Crippen molar-refractivity contribution in [2.45, 2.75) is 0 Å². The summed E-state index contributed by atoms with van der Waals surface area (Å²) in [5.41, 5.74) is 1.67. The van der Waals surface area contributed by atoms with Gasteiger partial charge in [0.15, 0.2) is 0 Å². The molecule has 3 nitrogen and oxygen atoms in total. The number of hydrogen-bond acceptors (Lipinski definition) is 3. The lowest BCUT2D eigenvalue weighted by Crippen LogP contribution is -1.93. The summed E-state index contributed by atoms with van der Waals surface area (Å²) in [6, 6.07) is 7.92. The molecule has 2 heterocycles. The number of benzene rings is 1. The first-order chi connectivity index (χ1) is 9.11. The van der Waals surface area contributed by atoms with Gasteiger partial charge in [-0.3, -0.25) is 4.68 Å². The molecule has 1 aromatic carbocycles. The number of halogens is 2. The fraction of sp³-hybridized carbons (Fsp3) is 0.0769. The van der Waals surface area contributed by atoms with E-state index in [4.69, 9.17) is 11.6 Å². The molecule has 0 aliphatic carbocycles. The second-order valence-electron chi connectivity index (χ2n) is 4.02. The SMILES string of the molecule is Cn1ncc(I)c1-c1sc2cc(Cl)ccc2c1C#N. The lowest BCUT2D eigenvalue weighted by Gasteiger charge is -2.00. The minimum atomic E-state index is 0.685. The van der Waals surface area contributed by atoms with Crippen LogP contribution in [0.4, 0.5) is 0 Å². The number of fused-ring (bicyclic) bond motifs is 1. The Kier molecular flexibility index (Phi) is 3.25. The number of hydrogen-bond donors (Lipinski definition) is 0. The molecule has 0 aliphatic rings. The number of thiophene rings is 1. The maximum Gasteiger partial charge on any atom is 0.101 e. The fourth-order valence-corrected chi connectivity index (χ4v) is 4.46. The molecule has 0 N–H and O–H groups in total. The van der Waals surface area contributed by atoms with Gasteiger partial charge in [-0.25, -0.2) is 0 Å². The van der Waals surface area contributed by atoms with Crippen molar-refractivity contribution in [3.63, 3.8) is 0 Å². The number of aromatic nitrogens is 2. The lowest BCUT2D eigenvalue weighted by molar-refractivity contribution is 0.777. The van der Waals surface area contributed by atoms with Crippen LogP contribution in [0.3, 0.4) is 0 Å². The van der Waals surface area contributed by atoms with E-state index in [1.54, 1.807) is 22.2 Å². The Morgan fingerprint density at radius 3 is 2.89 bits per heavy atom. The van der Waals surface area contributed by atoms with E-state index in [1.165, 1.54) is 0 Å². The Bertz CT molecular complexity index is 809. The van der Waals surface area contributed by atoms with Crippen molar-refractivity contribution < 1.29 is 0 Å². The summed E-state index contributed by atoms with van der Waals surface area (Å²) in [6.07, 6.45) is 1.80. The largest absolute Gasteiger partial charge is 0.266 e. The van der Waals surface area contributed by atoms with Crippen LogP contribution < -0.4 is 0 Å². The third-order valence-electron chi connectivity index (χ3n) is 2.87. The molecule has 0 atom stereocenters. The normalized spacial score (nSPS) is 10.8. The molecule has 19 heavy (non-hydrogen) atoms. The number of aryl methyl sites for hydroxylation is 1. The van der Waals surface area contributed by atoms with Gasteiger partial charge in [0.1, 0.15) is 6.07 Å². The fourth-order valence-electron chi connectivity index (χ4n) is 2.01. The van der Waals surface area contributed by atoms with E-state index in [0.717, 1.165) is 24.2 Å². The molecule has 0 amide bonds. The highest BCUT2D eigenvalue weighted by Crippen LogP contribution is 2.40. The summed E-state index contributed by atoms with van der Waals surface area (Å²) in [6.45, 7) is 0. The van der Waals surface area contributed by atoms with Gasteiger partial charge in [-0.2, -0.15) is 10.4 Å². The van der Waals surface area contributed by atoms with E-state index < -0.39 is 0 Å². The Balaban J connectivity index is 2.39. The van der Waals surface area contributed by atoms with E-state index in [9.17, 15) is 5.26 Å². The van der Waals surface area contributed by atoms with Gasteiger partial charge in [-0.05, 0) is 34.7 Å². The van der Waals surface area contributed by atoms with Crippen molar-refractivity contribution >= 4 is 55.6 Å². The molecule has 2 aromatic heterocycles. The topological polar surface area (TPSA) is 41.6 Å². The summed E-state index contributed by atoms with van der Waals surface area (Å²) in [5.74, 6) is 0. The molecule has 0 bridgehead atoms. The average molecular weight is 400 g/mol. The molecule has 0 aliphatic heterocycles. The number of nitrogens with zero attached hydrogens (tertiary/aromatic N) is 3. The quantitative estimate of drug-likeness (QED) is 0.568. The van der Waals surface area contributed by atoms with Crippen molar-refractivity contribution in [3.8, 4) is 16.6 Å². The van der Waals surface area contributed by atoms with Crippen LogP contribution in [0, 0.1) is 14.9 Å². The maximum atomic E-state index is 9.45. The highest BCUT2D eigenvalue weighted by molar-refractivity contribution is 14.1. The Morgan fingerprint density at radius 1 is 1.47 bits per heavy atom. The standard InChI is InChI=1S/C13H7ClIN3S/c1-18-12(10(15)6-17-18)13-9(5-16)8-3-2-7(14)4-11(8)19-13/h2-4,6H,1H3. The van der Waals surface area contributed by atoms with Crippen LogP contribution in [0.25, 0.3) is 20.7 Å². The zero-order chi connectivity index (χ0) is 13.6. The van der Waals surface area contributed by atoms with Crippen molar-refractivity contribution in [1.82, 2.24) is 9.78 Å². The van der Waals surface area contributed by atoms with Gasteiger partial charge >= 0.3 is 0 Å². The first-order valence-corrected chi connectivity index (χ1v) is 7.69. The highest BCUT2D eigenvalue weighted by atomic mass is 127. The third kappa shape index (κ3) is 2.04. The Labute approximate surface area is 132 Å². The van der Waals surface area contributed by atoms with Crippen LogP contribution in [-0.2, 0) is 7.05 Å². The van der Waals surface area contributed by atoms with Crippen LogP contribution in [0.1, 0.15) is 5.56 Å². The molecule has 94 valence electrons. The van der Waals surface area contributed by atoms with E-state index in [1.807, 2.05) is 25.2 Å². The molecule has 0 radical (unpaired) electrons. The van der Waals surface area contributed by atoms with E-state index in [-0.39, 0.29) is 0 Å². The van der Waals surface area contributed by atoms with Crippen LogP contribution >= 0.6 is 45.5 Å². The van der Waals surface area contributed by atoms with Gasteiger partial charge in [-0.15, -0.1) is 11.3 Å². The summed E-state index contributed by atoms with van der Waals surface area (Å²) in [7, 11) is 1.88. The zero-order valence-electron chi connectivity index (χ0n) is 9.82. The predicted octanol–water partition coefficient (Wildman–Crippen LogP) is 4.43. The Morgan fingerprint density at radius 2 is 2.26 bits per heavy atom. The van der Waals surface area contributed by atoms with Crippen LogP contribution in [0.2, 0.25) is 5.02 Å². The lowest BCUT2D eigenvalue weighted by atomic mass is 10.1. The van der Waals surface area contributed by atoms with Crippen molar-refractivity contribution in [1.29, 1.82) is 5.26 Å². The molecule has 0 fully saturated rings. The van der Waals surface area contributed by atoms with Crippen molar-refractivity contribution in [2.24, 2.45) is 7.05 Å². The first-order valence-electron chi connectivity index (χ1n) is 5.42. The molecule has 0 spiro atoms. The number of rotatable bonds is 1. The molecule has 0 unspecified atom stereocenters. The van der Waals surface area contributed by atoms with Gasteiger partial charge in [0, 0.05) is 22.2 Å². The monoisotopic (exact) mass is 399 g/mol. The average Bonchev–Trinajstić information content (AvgIpc) is 2.88. The molecule has 3 rings (SSSR count). The zero-order valence-corrected chi connectivity index (χ0v) is 13.5. The van der Waals surface area contributed by atoms with E-state index in [0.29, 0.717) is 10.6 Å². The Hall–Kier alpha value is -1.10. The molecular formula is C13H7ClIN3S. The number of nitriles is 1. The van der Waals surface area contributed by atoms with E-state index in [2.05, 4.69) is 33.8 Å². The van der Waals surface area contributed by atoms with Gasteiger partial charge in [0.2, 0.25) is 0 Å². The van der Waals surface area contributed by atoms with Crippen molar-refractivity contribution in [3.05, 3.63) is 38.6 Å². The molecular weight excluding hydrogens is 393 g/mol. The highest BCUT2D eigenvalue weighted by Gasteiger charge is 2.18. The second-order valence-corrected chi connectivity index (χ2v) is 6.67. The van der Waals surface area contributed by atoms with Crippen LogP contribution in [0.5, 0.6) is 0 Å².